The van der Waals surface area contributed by atoms with Gasteiger partial charge in [-0.25, -0.2) is 28.4 Å². The van der Waals surface area contributed by atoms with Crippen LogP contribution in [0.3, 0.4) is 0 Å². The lowest BCUT2D eigenvalue weighted by atomic mass is 10.3. The van der Waals surface area contributed by atoms with Crippen LogP contribution >= 0.6 is 0 Å². The van der Waals surface area contributed by atoms with Crippen LogP contribution in [0.5, 0.6) is 0 Å². The monoisotopic (exact) mass is 1270 g/mol. The molecule has 0 saturated carbocycles. The number of alkyl halides is 34. The lowest BCUT2D eigenvalue weighted by Crippen LogP contribution is -2.63. The van der Waals surface area contributed by atoms with Crippen LogP contribution in [0.25, 0.3) is 0 Å². The van der Waals surface area contributed by atoms with E-state index in [-0.39, 0.29) is 21.3 Å². The molecule has 0 aliphatic rings. The molecule has 0 bridgehead atoms. The molecule has 15 nitrogen and oxygen atoms in total. The average molecular weight is 1270 g/mol. The highest BCUT2D eigenvalue weighted by molar-refractivity contribution is 7.87. The van der Waals surface area contributed by atoms with E-state index >= 15 is 0 Å². The van der Waals surface area contributed by atoms with Gasteiger partial charge in [0.05, 0.1) is 0 Å². The summed E-state index contributed by atoms with van der Waals surface area (Å²) in [5.74, 6) is -6.17. The van der Waals surface area contributed by atoms with Crippen molar-refractivity contribution in [2.24, 2.45) is 0 Å². The number of methoxy groups -OCH3 is 3. The summed E-state index contributed by atoms with van der Waals surface area (Å²) in [6.45, 7) is -2.50. The maximum Gasteiger partial charge on any atom is 0.495 e. The molecule has 0 aromatic carbocycles. The van der Waals surface area contributed by atoms with Crippen LogP contribution in [0, 0.1) is 0 Å². The molecule has 0 radical (unpaired) electrons. The Morgan fingerprint density at radius 1 is 0.333 bits per heavy atom. The maximum atomic E-state index is 14.4. The van der Waals surface area contributed by atoms with Crippen LogP contribution in [0.1, 0.15) is 0 Å². The summed E-state index contributed by atoms with van der Waals surface area (Å²) in [5, 5.41) is -13.8. The van der Waals surface area contributed by atoms with Crippen molar-refractivity contribution in [3.8, 4) is 0 Å². The fourth-order valence-electron chi connectivity index (χ4n) is 2.40. The second-order valence-electron chi connectivity index (χ2n) is 11.3. The van der Waals surface area contributed by atoms with Gasteiger partial charge in [0, 0.05) is 21.3 Å². The number of hydrogen-bond acceptors (Lipinski definition) is 15. The van der Waals surface area contributed by atoms with Gasteiger partial charge in [0.15, 0.2) is 6.79 Å². The van der Waals surface area contributed by atoms with Gasteiger partial charge in [0.1, 0.15) is 0 Å². The Morgan fingerprint density at radius 3 is 0.840 bits per heavy atom. The normalized spacial score (nSPS) is 16.4. The summed E-state index contributed by atoms with van der Waals surface area (Å²) in [6.07, 6.45) is -93.6. The minimum absolute atomic E-state index is 0.0552. The summed E-state index contributed by atoms with van der Waals surface area (Å²) in [7, 11) is -15.2. The van der Waals surface area contributed by atoms with Crippen molar-refractivity contribution in [3.63, 3.8) is 0 Å². The molecule has 1 unspecified atom stereocenters. The number of rotatable bonds is 27. The number of ether oxygens (including phenoxy) is 10. The van der Waals surface area contributed by atoms with Crippen LogP contribution in [-0.2, 0) is 72.8 Å². The molecule has 0 aromatic heterocycles. The van der Waals surface area contributed by atoms with E-state index in [1.165, 1.54) is 23.9 Å². The number of hydrogen-bond donors (Lipinski definition) is 0. The van der Waals surface area contributed by atoms with E-state index in [9.17, 15) is 178 Å². The third-order valence-corrected chi connectivity index (χ3v) is 7.54. The highest BCUT2D eigenvalue weighted by atomic mass is 32.3. The van der Waals surface area contributed by atoms with E-state index in [2.05, 4.69) is 18.9 Å². The standard InChI is InChI=1S/C15H8F24O11S.C4H3F7O.C2F6O3S/c1-42-3-44-13(34,47-10(28,29)12(32,33)51(39,40)41)11(30,31)46-5(18,19)4(16,17)45-6(20,21)7(22,23)49-15(37,38)50-9(26,27)8(24,25)48-14(35,36)43-2;1-12-4(10,11)2(5,6)3(7,8)9;3-1(4,11-7)2(5,6)12(8,9)10/h3H2,1-2H3;1H3;. The first kappa shape index (κ1) is 76.1. The van der Waals surface area contributed by atoms with Gasteiger partial charge < -0.3 is 9.47 Å². The topological polar surface area (TPSA) is 170 Å². The van der Waals surface area contributed by atoms with Crippen LogP contribution in [0.15, 0.2) is 0 Å². The highest BCUT2D eigenvalue weighted by Crippen LogP contribution is 2.54. The van der Waals surface area contributed by atoms with E-state index < -0.39 is 130 Å². The molecule has 0 aromatic rings. The van der Waals surface area contributed by atoms with E-state index in [1.807, 2.05) is 9.47 Å². The van der Waals surface area contributed by atoms with Gasteiger partial charge in [-0.15, -0.1) is 22.5 Å². The van der Waals surface area contributed by atoms with Crippen molar-refractivity contribution in [2.45, 2.75) is 102 Å². The van der Waals surface area contributed by atoms with Gasteiger partial charge in [-0.2, -0.15) is 149 Å². The Kier molecular flexibility index (Phi) is 23.3. The zero-order valence-electron chi connectivity index (χ0n) is 33.1. The average Bonchev–Trinajstić information content (AvgIpc) is 3.13. The van der Waals surface area contributed by atoms with E-state index in [0.717, 1.165) is 0 Å². The summed E-state index contributed by atoms with van der Waals surface area (Å²) in [6, 6.07) is -7.13. The quantitative estimate of drug-likeness (QED) is 0.0432. The van der Waals surface area contributed by atoms with Gasteiger partial charge in [0.25, 0.3) is 0 Å². The predicted octanol–water partition coefficient (Wildman–Crippen LogP) is 10.5. The largest absolute Gasteiger partial charge is 0.495 e. The maximum absolute atomic E-state index is 14.4. The third kappa shape index (κ3) is 17.9. The smallest absolute Gasteiger partial charge is 0.358 e. The summed E-state index contributed by atoms with van der Waals surface area (Å²) in [4.78, 5) is 1.33. The minimum Gasteiger partial charge on any atom is -0.358 e. The second kappa shape index (κ2) is 22.9. The summed E-state index contributed by atoms with van der Waals surface area (Å²) < 4.78 is 530. The SMILES string of the molecule is COC(F)(F)C(F)(F)C(F)(F)F.COCOC(F)(OC(F)(F)C(F)(F)S(=O)(=O)F)C(F)(F)OC(F)(F)C(F)(F)OC(F)(F)C(F)(F)OC(F)(F)OC(F)(F)C(F)(F)OC(F)(F)OC.O=S(=O)(F)C(F)(F)C(F)(F)OF. The molecular weight excluding hydrogens is 1260 g/mol. The molecule has 0 spiro atoms. The molecule has 0 rings (SSSR count). The minimum atomic E-state index is -8.13. The molecule has 0 saturated heterocycles. The molecule has 0 aliphatic carbocycles. The third-order valence-electron chi connectivity index (χ3n) is 5.84. The van der Waals surface area contributed by atoms with Crippen LogP contribution in [0.2, 0.25) is 0 Å². The van der Waals surface area contributed by atoms with E-state index in [4.69, 9.17) is 0 Å². The van der Waals surface area contributed by atoms with Gasteiger partial charge in [0.2, 0.25) is 0 Å². The Balaban J connectivity index is -0.00000175. The summed E-state index contributed by atoms with van der Waals surface area (Å²) >= 11 is 0. The van der Waals surface area contributed by atoms with Crippen molar-refractivity contribution >= 4 is 20.4 Å². The Hall–Kier alpha value is -3.13. The van der Waals surface area contributed by atoms with Gasteiger partial charge in [-0.05, 0) is 4.53 Å². The van der Waals surface area contributed by atoms with Crippen LogP contribution in [0.4, 0.5) is 162 Å². The fraction of sp³-hybridized carbons (Fsp3) is 1.00. The van der Waals surface area contributed by atoms with Gasteiger partial charge in [-0.1, -0.05) is 7.77 Å². The van der Waals surface area contributed by atoms with Crippen molar-refractivity contribution in [3.05, 3.63) is 0 Å². The zero-order valence-corrected chi connectivity index (χ0v) is 34.8. The Morgan fingerprint density at radius 2 is 0.613 bits per heavy atom. The highest BCUT2D eigenvalue weighted by Gasteiger charge is 2.81. The molecule has 0 N–H and O–H groups in total. The molecule has 456 valence electrons. The van der Waals surface area contributed by atoms with Crippen LogP contribution in [-0.4, -0.2) is 147 Å². The molecule has 0 aliphatic heterocycles. The van der Waals surface area contributed by atoms with Crippen molar-refractivity contribution in [1.29, 1.82) is 0 Å². The molecule has 0 heterocycles. The fourth-order valence-corrected chi connectivity index (χ4v) is 3.04. The Bertz CT molecular complexity index is 2060. The van der Waals surface area contributed by atoms with Gasteiger partial charge >= 0.3 is 123 Å². The van der Waals surface area contributed by atoms with Crippen molar-refractivity contribution in [2.75, 3.05) is 28.1 Å². The van der Waals surface area contributed by atoms with E-state index in [0.29, 0.717) is 0 Å². The Labute approximate surface area is 382 Å². The second-order valence-corrected chi connectivity index (χ2v) is 14.0. The van der Waals surface area contributed by atoms with E-state index in [1.54, 1.807) is 0 Å². The summed E-state index contributed by atoms with van der Waals surface area (Å²) in [5.41, 5.74) is 0. The molecular formula is C21H11F37O15S2. The first-order valence-electron chi connectivity index (χ1n) is 15.0. The lowest BCUT2D eigenvalue weighted by Gasteiger charge is -2.38. The molecule has 54 heteroatoms. The van der Waals surface area contributed by atoms with Gasteiger partial charge in [-0.3, -0.25) is 9.47 Å². The molecule has 1 atom stereocenters. The first-order valence-corrected chi connectivity index (χ1v) is 17.8. The zero-order chi connectivity index (χ0) is 62.0. The van der Waals surface area contributed by atoms with Crippen molar-refractivity contribution < 1.29 is 231 Å². The van der Waals surface area contributed by atoms with Crippen molar-refractivity contribution in [1.82, 2.24) is 0 Å². The molecule has 75 heavy (non-hydrogen) atoms. The van der Waals surface area contributed by atoms with Crippen LogP contribution < -0.4 is 0 Å². The lowest BCUT2D eigenvalue weighted by molar-refractivity contribution is -0.610. The first-order chi connectivity index (χ1) is 32.0. The predicted molar refractivity (Wildman–Crippen MR) is 140 cm³/mol. The molecule has 0 fully saturated rings. The molecule has 0 amide bonds. The number of halogens is 37.